The second kappa shape index (κ2) is 2.40. The Hall–Kier alpha value is -0.280. The fraction of sp³-hybridized carbons (Fsp3) is 0.429. The van der Waals surface area contributed by atoms with Crippen LogP contribution in [-0.2, 0) is 0 Å². The van der Waals surface area contributed by atoms with E-state index in [9.17, 15) is 0 Å². The number of nitrogens with one attached hydrogen (secondary N) is 1. The van der Waals surface area contributed by atoms with Crippen molar-refractivity contribution in [1.29, 1.82) is 0 Å². The van der Waals surface area contributed by atoms with Crippen molar-refractivity contribution in [3.63, 3.8) is 0 Å². The third-order valence-electron chi connectivity index (χ3n) is 1.76. The zero-order valence-electron chi connectivity index (χ0n) is 5.43. The van der Waals surface area contributed by atoms with Crippen LogP contribution < -0.4 is 5.32 Å². The Morgan fingerprint density at radius 1 is 1.60 bits per heavy atom. The van der Waals surface area contributed by atoms with Gasteiger partial charge in [-0.3, -0.25) is 0 Å². The van der Waals surface area contributed by atoms with Gasteiger partial charge in [-0.1, -0.05) is 0 Å². The molecule has 1 aromatic heterocycles. The van der Waals surface area contributed by atoms with Crippen LogP contribution in [-0.4, -0.2) is 6.54 Å². The lowest BCUT2D eigenvalue weighted by atomic mass is 10.1. The van der Waals surface area contributed by atoms with Crippen molar-refractivity contribution in [1.82, 2.24) is 5.32 Å². The van der Waals surface area contributed by atoms with Gasteiger partial charge in [0.2, 0.25) is 0 Å². The second-order valence-corrected chi connectivity index (χ2v) is 3.22. The molecule has 2 rings (SSSR count). The van der Waals surface area contributed by atoms with Crippen molar-refractivity contribution in [2.45, 2.75) is 12.5 Å². The van der Waals surface area contributed by atoms with Crippen LogP contribution in [0.5, 0.6) is 0 Å². The first-order valence-electron chi connectivity index (χ1n) is 3.35. The fourth-order valence-electron chi connectivity index (χ4n) is 1.05. The van der Waals surface area contributed by atoms with Crippen molar-refractivity contribution >= 4 is 15.9 Å². The highest BCUT2D eigenvalue weighted by Gasteiger charge is 2.21. The molecule has 3 heteroatoms. The summed E-state index contributed by atoms with van der Waals surface area (Å²) in [5, 5.41) is 3.26. The van der Waals surface area contributed by atoms with Crippen molar-refractivity contribution in [3.05, 3.63) is 22.6 Å². The van der Waals surface area contributed by atoms with E-state index < -0.39 is 0 Å². The molecule has 2 heterocycles. The molecule has 0 amide bonds. The van der Waals surface area contributed by atoms with Crippen LogP contribution >= 0.6 is 15.9 Å². The normalized spacial score (nSPS) is 24.3. The molecule has 0 aromatic carbocycles. The summed E-state index contributed by atoms with van der Waals surface area (Å²) in [6, 6.07) is 4.39. The topological polar surface area (TPSA) is 25.2 Å². The quantitative estimate of drug-likeness (QED) is 0.754. The molecular formula is C7H8BrNO. The predicted octanol–water partition coefficient (Wildman–Crippen LogP) is 2.08. The van der Waals surface area contributed by atoms with Gasteiger partial charge in [-0.2, -0.15) is 0 Å². The molecule has 0 radical (unpaired) electrons. The number of hydrogen-bond acceptors (Lipinski definition) is 2. The molecule has 1 saturated heterocycles. The van der Waals surface area contributed by atoms with Crippen LogP contribution in [0.15, 0.2) is 21.2 Å². The second-order valence-electron chi connectivity index (χ2n) is 2.44. The highest BCUT2D eigenvalue weighted by Crippen LogP contribution is 2.26. The minimum absolute atomic E-state index is 0.464. The van der Waals surface area contributed by atoms with E-state index in [0.717, 1.165) is 17.0 Å². The Morgan fingerprint density at radius 2 is 2.40 bits per heavy atom. The van der Waals surface area contributed by atoms with Crippen LogP contribution in [0.2, 0.25) is 0 Å². The third kappa shape index (κ3) is 0.995. The summed E-state index contributed by atoms with van der Waals surface area (Å²) in [6.07, 6.45) is 1.19. The Labute approximate surface area is 67.7 Å². The maximum atomic E-state index is 5.34. The van der Waals surface area contributed by atoms with Crippen molar-refractivity contribution in [2.24, 2.45) is 0 Å². The summed E-state index contributed by atoms with van der Waals surface area (Å²) in [5.74, 6) is 1.04. The molecule has 1 aliphatic heterocycles. The SMILES string of the molecule is Brc1ccc([C@@H]2CCN2)o1. The molecule has 0 aliphatic carbocycles. The van der Waals surface area contributed by atoms with E-state index in [4.69, 9.17) is 4.42 Å². The van der Waals surface area contributed by atoms with Crippen molar-refractivity contribution in [2.75, 3.05) is 6.54 Å². The number of rotatable bonds is 1. The summed E-state index contributed by atoms with van der Waals surface area (Å²) in [4.78, 5) is 0. The van der Waals surface area contributed by atoms with Gasteiger partial charge >= 0.3 is 0 Å². The number of hydrogen-bond donors (Lipinski definition) is 1. The van der Waals surface area contributed by atoms with Crippen LogP contribution in [0.4, 0.5) is 0 Å². The summed E-state index contributed by atoms with van der Waals surface area (Å²) in [5.41, 5.74) is 0. The minimum Gasteiger partial charge on any atom is -0.453 e. The smallest absolute Gasteiger partial charge is 0.169 e. The van der Waals surface area contributed by atoms with Crippen molar-refractivity contribution < 1.29 is 4.42 Å². The van der Waals surface area contributed by atoms with Crippen LogP contribution in [0.25, 0.3) is 0 Å². The number of furan rings is 1. The minimum atomic E-state index is 0.464. The van der Waals surface area contributed by atoms with Gasteiger partial charge in [-0.25, -0.2) is 0 Å². The monoisotopic (exact) mass is 201 g/mol. The highest BCUT2D eigenvalue weighted by molar-refractivity contribution is 9.10. The average molecular weight is 202 g/mol. The lowest BCUT2D eigenvalue weighted by molar-refractivity contribution is 0.314. The molecule has 10 heavy (non-hydrogen) atoms. The highest BCUT2D eigenvalue weighted by atomic mass is 79.9. The van der Waals surface area contributed by atoms with E-state index in [1.54, 1.807) is 0 Å². The molecule has 0 saturated carbocycles. The lowest BCUT2D eigenvalue weighted by Gasteiger charge is -2.25. The Kier molecular flexibility index (Phi) is 1.54. The zero-order chi connectivity index (χ0) is 6.97. The van der Waals surface area contributed by atoms with Crippen molar-refractivity contribution in [3.8, 4) is 0 Å². The van der Waals surface area contributed by atoms with Crippen LogP contribution in [0.1, 0.15) is 18.2 Å². The fourth-order valence-corrected chi connectivity index (χ4v) is 1.37. The molecule has 0 unspecified atom stereocenters. The van der Waals surface area contributed by atoms with E-state index in [1.807, 2.05) is 12.1 Å². The van der Waals surface area contributed by atoms with E-state index in [-0.39, 0.29) is 0 Å². The third-order valence-corrected chi connectivity index (χ3v) is 2.19. The van der Waals surface area contributed by atoms with Crippen LogP contribution in [0, 0.1) is 0 Å². The Balaban J connectivity index is 2.17. The van der Waals surface area contributed by atoms with Gasteiger partial charge in [0.15, 0.2) is 4.67 Å². The first-order chi connectivity index (χ1) is 4.86. The van der Waals surface area contributed by atoms with Gasteiger partial charge in [0.05, 0.1) is 6.04 Å². The molecule has 0 bridgehead atoms. The van der Waals surface area contributed by atoms with Gasteiger partial charge in [0.1, 0.15) is 5.76 Å². The zero-order valence-corrected chi connectivity index (χ0v) is 7.02. The van der Waals surface area contributed by atoms with E-state index in [1.165, 1.54) is 6.42 Å². The molecule has 1 aliphatic rings. The molecule has 2 nitrogen and oxygen atoms in total. The molecular weight excluding hydrogens is 194 g/mol. The largest absolute Gasteiger partial charge is 0.453 e. The standard InChI is InChI=1S/C7H8BrNO/c8-7-2-1-6(10-7)5-3-4-9-5/h1-2,5,9H,3-4H2/t5-/m0/s1. The Morgan fingerprint density at radius 3 is 2.80 bits per heavy atom. The average Bonchev–Trinajstić information content (AvgIpc) is 2.10. The first-order valence-corrected chi connectivity index (χ1v) is 4.14. The maximum absolute atomic E-state index is 5.34. The number of halogens is 1. The van der Waals surface area contributed by atoms with E-state index in [0.29, 0.717) is 6.04 Å². The molecule has 0 spiro atoms. The molecule has 54 valence electrons. The Bertz CT molecular complexity index is 229. The molecule has 1 aromatic rings. The lowest BCUT2D eigenvalue weighted by Crippen LogP contribution is -2.34. The first kappa shape index (κ1) is 6.43. The van der Waals surface area contributed by atoms with Gasteiger partial charge in [0, 0.05) is 0 Å². The van der Waals surface area contributed by atoms with Gasteiger partial charge in [0.25, 0.3) is 0 Å². The van der Waals surface area contributed by atoms with E-state index in [2.05, 4.69) is 21.2 Å². The molecule has 1 fully saturated rings. The van der Waals surface area contributed by atoms with E-state index >= 15 is 0 Å². The summed E-state index contributed by atoms with van der Waals surface area (Å²) in [7, 11) is 0. The van der Waals surface area contributed by atoms with Gasteiger partial charge in [-0.15, -0.1) is 0 Å². The summed E-state index contributed by atoms with van der Waals surface area (Å²) < 4.78 is 6.16. The van der Waals surface area contributed by atoms with Gasteiger partial charge < -0.3 is 9.73 Å². The maximum Gasteiger partial charge on any atom is 0.169 e. The van der Waals surface area contributed by atoms with Gasteiger partial charge in [-0.05, 0) is 41.0 Å². The predicted molar refractivity (Wildman–Crippen MR) is 41.8 cm³/mol. The van der Waals surface area contributed by atoms with Crippen LogP contribution in [0.3, 0.4) is 0 Å². The molecule has 1 N–H and O–H groups in total. The molecule has 1 atom stereocenters. The summed E-state index contributed by atoms with van der Waals surface area (Å²) in [6.45, 7) is 1.11. The summed E-state index contributed by atoms with van der Waals surface area (Å²) >= 11 is 3.26.